The number of rotatable bonds is 4. The van der Waals surface area contributed by atoms with Gasteiger partial charge in [-0.15, -0.1) is 0 Å². The lowest BCUT2D eigenvalue weighted by atomic mass is 10.3. The quantitative estimate of drug-likeness (QED) is 0.726. The Balaban J connectivity index is 2.45. The van der Waals surface area contributed by atoms with E-state index < -0.39 is 0 Å². The number of hydrogen-bond acceptors (Lipinski definition) is 3. The maximum atomic E-state index is 5.65. The maximum absolute atomic E-state index is 5.65. The lowest BCUT2D eigenvalue weighted by Gasteiger charge is -2.11. The van der Waals surface area contributed by atoms with E-state index in [0.29, 0.717) is 5.25 Å². The Hall–Kier alpha value is -0.830. The number of benzene rings is 1. The highest BCUT2D eigenvalue weighted by Gasteiger charge is 1.98. The molecule has 0 aliphatic heterocycles. The van der Waals surface area contributed by atoms with Crippen LogP contribution in [0.3, 0.4) is 0 Å². The van der Waals surface area contributed by atoms with Gasteiger partial charge in [-0.05, 0) is 24.5 Å². The van der Waals surface area contributed by atoms with Crippen LogP contribution in [0.25, 0.3) is 0 Å². The second-order valence-corrected chi connectivity index (χ2v) is 4.33. The fourth-order valence-corrected chi connectivity index (χ4v) is 1.24. The van der Waals surface area contributed by atoms with Crippen LogP contribution >= 0.6 is 11.8 Å². The second kappa shape index (κ2) is 5.02. The molecule has 0 saturated heterocycles. The summed E-state index contributed by atoms with van der Waals surface area (Å²) in [7, 11) is 0. The molecule has 0 spiro atoms. The molecule has 72 valence electrons. The number of nitrogen functional groups attached to an aromatic ring is 1. The molecule has 3 heteroatoms. The predicted octanol–water partition coefficient (Wildman–Crippen LogP) is 2.43. The zero-order valence-electron chi connectivity index (χ0n) is 8.08. The Labute approximate surface area is 83.9 Å². The van der Waals surface area contributed by atoms with E-state index in [1.807, 2.05) is 36.0 Å². The van der Waals surface area contributed by atoms with E-state index in [2.05, 4.69) is 18.5 Å². The molecule has 1 rings (SSSR count). The minimum absolute atomic E-state index is 0.626. The van der Waals surface area contributed by atoms with Crippen LogP contribution in [0.5, 0.6) is 0 Å². The number of hydrogen-bond donors (Lipinski definition) is 2. The van der Waals surface area contributed by atoms with Crippen molar-refractivity contribution >= 4 is 23.1 Å². The van der Waals surface area contributed by atoms with Gasteiger partial charge >= 0.3 is 0 Å². The Bertz CT molecular complexity index is 263. The van der Waals surface area contributed by atoms with Gasteiger partial charge in [0.15, 0.2) is 0 Å². The first-order valence-corrected chi connectivity index (χ1v) is 5.63. The van der Waals surface area contributed by atoms with Gasteiger partial charge in [0.05, 0.1) is 0 Å². The molecule has 0 aliphatic rings. The monoisotopic (exact) mass is 196 g/mol. The van der Waals surface area contributed by atoms with Gasteiger partial charge in [0.25, 0.3) is 0 Å². The van der Waals surface area contributed by atoms with Crippen molar-refractivity contribution in [3.8, 4) is 0 Å². The fourth-order valence-electron chi connectivity index (χ4n) is 0.994. The normalized spacial score (nSPS) is 12.5. The number of nitrogens with one attached hydrogen (secondary N) is 1. The molecular weight excluding hydrogens is 180 g/mol. The molecule has 2 nitrogen and oxygen atoms in total. The van der Waals surface area contributed by atoms with E-state index >= 15 is 0 Å². The zero-order chi connectivity index (χ0) is 9.68. The van der Waals surface area contributed by atoms with Crippen LogP contribution in [0.15, 0.2) is 24.3 Å². The van der Waals surface area contributed by atoms with E-state index in [1.54, 1.807) is 0 Å². The molecule has 1 unspecified atom stereocenters. The molecule has 3 N–H and O–H groups in total. The molecule has 0 fully saturated rings. The summed E-state index contributed by atoms with van der Waals surface area (Å²) in [6.45, 7) is 3.18. The average molecular weight is 196 g/mol. The van der Waals surface area contributed by atoms with E-state index in [-0.39, 0.29) is 0 Å². The summed E-state index contributed by atoms with van der Waals surface area (Å²) >= 11 is 1.85. The van der Waals surface area contributed by atoms with Gasteiger partial charge < -0.3 is 11.1 Å². The topological polar surface area (TPSA) is 38.0 Å². The van der Waals surface area contributed by atoms with Crippen molar-refractivity contribution < 1.29 is 0 Å². The van der Waals surface area contributed by atoms with Crippen LogP contribution in [0.2, 0.25) is 0 Å². The Morgan fingerprint density at radius 3 is 2.92 bits per heavy atom. The molecule has 1 atom stereocenters. The molecule has 1 aromatic carbocycles. The van der Waals surface area contributed by atoms with Gasteiger partial charge in [-0.25, -0.2) is 0 Å². The molecule has 1 aromatic rings. The van der Waals surface area contributed by atoms with Crippen molar-refractivity contribution in [1.82, 2.24) is 0 Å². The van der Waals surface area contributed by atoms with Crippen LogP contribution in [-0.2, 0) is 0 Å². The fraction of sp³-hybridized carbons (Fsp3) is 0.400. The van der Waals surface area contributed by atoms with Crippen molar-refractivity contribution in [1.29, 1.82) is 0 Å². The summed E-state index contributed by atoms with van der Waals surface area (Å²) in [5.74, 6) is 0. The van der Waals surface area contributed by atoms with Crippen LogP contribution in [0.4, 0.5) is 11.4 Å². The van der Waals surface area contributed by atoms with Crippen molar-refractivity contribution in [3.05, 3.63) is 24.3 Å². The Kier molecular flexibility index (Phi) is 3.96. The summed E-state index contributed by atoms with van der Waals surface area (Å²) in [5.41, 5.74) is 7.56. The molecule has 0 saturated carbocycles. The highest BCUT2D eigenvalue weighted by atomic mass is 32.2. The predicted molar refractivity (Wildman–Crippen MR) is 62.3 cm³/mol. The lowest BCUT2D eigenvalue weighted by Crippen LogP contribution is -2.12. The first-order chi connectivity index (χ1) is 6.22. The SMILES string of the molecule is CSC(C)CNc1cccc(N)c1. The molecule has 0 aliphatic carbocycles. The third-order valence-corrected chi connectivity index (χ3v) is 2.85. The van der Waals surface area contributed by atoms with Gasteiger partial charge in [0, 0.05) is 23.2 Å². The first-order valence-electron chi connectivity index (χ1n) is 4.34. The Morgan fingerprint density at radius 2 is 2.31 bits per heavy atom. The molecule has 0 radical (unpaired) electrons. The summed E-state index contributed by atoms with van der Waals surface area (Å²) in [6.07, 6.45) is 2.12. The maximum Gasteiger partial charge on any atom is 0.0361 e. The van der Waals surface area contributed by atoms with E-state index in [1.165, 1.54) is 0 Å². The van der Waals surface area contributed by atoms with Gasteiger partial charge in [-0.2, -0.15) is 11.8 Å². The average Bonchev–Trinajstić information content (AvgIpc) is 2.14. The third kappa shape index (κ3) is 3.59. The van der Waals surface area contributed by atoms with Gasteiger partial charge in [-0.1, -0.05) is 13.0 Å². The lowest BCUT2D eigenvalue weighted by molar-refractivity contribution is 1.00. The van der Waals surface area contributed by atoms with Crippen LogP contribution in [0.1, 0.15) is 6.92 Å². The minimum Gasteiger partial charge on any atom is -0.399 e. The zero-order valence-corrected chi connectivity index (χ0v) is 8.90. The molecule has 0 heterocycles. The van der Waals surface area contributed by atoms with Gasteiger partial charge in [0.2, 0.25) is 0 Å². The third-order valence-electron chi connectivity index (χ3n) is 1.88. The van der Waals surface area contributed by atoms with E-state index in [9.17, 15) is 0 Å². The number of thioether (sulfide) groups is 1. The van der Waals surface area contributed by atoms with Crippen molar-refractivity contribution in [2.24, 2.45) is 0 Å². The first kappa shape index (κ1) is 10.3. The second-order valence-electron chi connectivity index (χ2n) is 3.05. The molecular formula is C10H16N2S. The standard InChI is InChI=1S/C10H16N2S/c1-8(13-2)7-12-10-5-3-4-9(11)6-10/h3-6,8,12H,7,11H2,1-2H3. The number of anilines is 2. The largest absolute Gasteiger partial charge is 0.399 e. The van der Waals surface area contributed by atoms with Crippen LogP contribution < -0.4 is 11.1 Å². The van der Waals surface area contributed by atoms with Crippen LogP contribution in [-0.4, -0.2) is 18.1 Å². The van der Waals surface area contributed by atoms with Crippen LogP contribution in [0, 0.1) is 0 Å². The van der Waals surface area contributed by atoms with Gasteiger partial charge in [-0.3, -0.25) is 0 Å². The molecule has 0 amide bonds. The van der Waals surface area contributed by atoms with E-state index in [4.69, 9.17) is 5.73 Å². The van der Waals surface area contributed by atoms with Crippen molar-refractivity contribution in [2.45, 2.75) is 12.2 Å². The summed E-state index contributed by atoms with van der Waals surface area (Å²) in [4.78, 5) is 0. The van der Waals surface area contributed by atoms with Crippen molar-refractivity contribution in [2.75, 3.05) is 23.9 Å². The Morgan fingerprint density at radius 1 is 1.54 bits per heavy atom. The summed E-state index contributed by atoms with van der Waals surface area (Å²) in [6, 6.07) is 7.83. The highest BCUT2D eigenvalue weighted by molar-refractivity contribution is 7.99. The highest BCUT2D eigenvalue weighted by Crippen LogP contribution is 2.13. The van der Waals surface area contributed by atoms with Gasteiger partial charge in [0.1, 0.15) is 0 Å². The van der Waals surface area contributed by atoms with E-state index in [0.717, 1.165) is 17.9 Å². The summed E-state index contributed by atoms with van der Waals surface area (Å²) < 4.78 is 0. The molecule has 13 heavy (non-hydrogen) atoms. The minimum atomic E-state index is 0.626. The molecule has 0 bridgehead atoms. The smallest absolute Gasteiger partial charge is 0.0361 e. The summed E-state index contributed by atoms with van der Waals surface area (Å²) in [5, 5.41) is 3.96. The van der Waals surface area contributed by atoms with Crippen molar-refractivity contribution in [3.63, 3.8) is 0 Å². The number of nitrogens with two attached hydrogens (primary N) is 1. The molecule has 0 aromatic heterocycles.